The molecule has 21 heavy (non-hydrogen) atoms. The first kappa shape index (κ1) is 16.8. The van der Waals surface area contributed by atoms with E-state index in [4.69, 9.17) is 0 Å². The van der Waals surface area contributed by atoms with Gasteiger partial charge in [-0.05, 0) is 7.05 Å². The molecule has 9 heteroatoms. The molecule has 0 aliphatic rings. The van der Waals surface area contributed by atoms with Crippen molar-refractivity contribution in [2.45, 2.75) is 13.1 Å². The van der Waals surface area contributed by atoms with Crippen LogP contribution in [0.3, 0.4) is 0 Å². The summed E-state index contributed by atoms with van der Waals surface area (Å²) in [6.45, 7) is 0.897. The second-order valence-corrected chi connectivity index (χ2v) is 4.25. The Hall–Kier alpha value is -2.29. The van der Waals surface area contributed by atoms with E-state index < -0.39 is 18.5 Å². The van der Waals surface area contributed by atoms with E-state index in [0.29, 0.717) is 4.57 Å². The fraction of sp³-hybridized carbons (Fsp3) is 0.417. The van der Waals surface area contributed by atoms with E-state index in [0.717, 1.165) is 6.20 Å². The van der Waals surface area contributed by atoms with E-state index in [-0.39, 0.29) is 25.5 Å². The van der Waals surface area contributed by atoms with Gasteiger partial charge in [-0.15, -0.1) is 6.58 Å². The van der Waals surface area contributed by atoms with Crippen LogP contribution in [0.4, 0.5) is 13.6 Å². The molecule has 0 bridgehead atoms. The molecule has 0 aliphatic carbocycles. The lowest BCUT2D eigenvalue weighted by Gasteiger charge is -2.16. The average molecular weight is 301 g/mol. The van der Waals surface area contributed by atoms with Crippen LogP contribution in [0, 0.1) is 0 Å². The summed E-state index contributed by atoms with van der Waals surface area (Å²) in [6, 6.07) is -0.637. The number of carbonyl (C=O) groups excluding carboxylic acids is 2. The van der Waals surface area contributed by atoms with E-state index in [2.05, 4.69) is 22.2 Å². The highest BCUT2D eigenvalue weighted by atomic mass is 19.3. The molecule has 2 N–H and O–H groups in total. The third-order valence-electron chi connectivity index (χ3n) is 2.44. The van der Waals surface area contributed by atoms with Crippen molar-refractivity contribution in [2.24, 2.45) is 0 Å². The molecule has 0 aromatic carbocycles. The maximum absolute atomic E-state index is 12.6. The first-order valence-corrected chi connectivity index (χ1v) is 6.11. The molecule has 1 aromatic heterocycles. The molecule has 1 heterocycles. The predicted molar refractivity (Wildman–Crippen MR) is 71.6 cm³/mol. The lowest BCUT2D eigenvalue weighted by Crippen LogP contribution is -2.43. The highest BCUT2D eigenvalue weighted by molar-refractivity contribution is 5.95. The van der Waals surface area contributed by atoms with Crippen molar-refractivity contribution in [3.05, 3.63) is 30.9 Å². The lowest BCUT2D eigenvalue weighted by molar-refractivity contribution is -0.121. The lowest BCUT2D eigenvalue weighted by atomic mass is 10.4. The third-order valence-corrected chi connectivity index (χ3v) is 2.44. The van der Waals surface area contributed by atoms with Gasteiger partial charge in [-0.25, -0.2) is 9.78 Å². The number of imidazole rings is 1. The zero-order valence-corrected chi connectivity index (χ0v) is 11.6. The maximum atomic E-state index is 12.6. The van der Waals surface area contributed by atoms with Crippen LogP contribution < -0.4 is 10.6 Å². The minimum Gasteiger partial charge on any atom is -0.334 e. The van der Waals surface area contributed by atoms with Gasteiger partial charge in [0, 0.05) is 18.9 Å². The van der Waals surface area contributed by atoms with Gasteiger partial charge in [-0.2, -0.15) is 8.78 Å². The Morgan fingerprint density at radius 2 is 2.29 bits per heavy atom. The molecule has 0 aliphatic heterocycles. The van der Waals surface area contributed by atoms with Gasteiger partial charge in [-0.1, -0.05) is 6.08 Å². The van der Waals surface area contributed by atoms with Crippen molar-refractivity contribution < 1.29 is 18.4 Å². The Bertz CT molecular complexity index is 504. The van der Waals surface area contributed by atoms with Gasteiger partial charge in [0.2, 0.25) is 5.91 Å². The van der Waals surface area contributed by atoms with Gasteiger partial charge < -0.3 is 5.32 Å². The molecule has 1 rings (SSSR count). The Labute approximate surface area is 120 Å². The van der Waals surface area contributed by atoms with Crippen molar-refractivity contribution >= 4 is 11.9 Å². The second kappa shape index (κ2) is 8.10. The molecule has 0 fully saturated rings. The first-order chi connectivity index (χ1) is 9.93. The zero-order valence-electron chi connectivity index (χ0n) is 11.6. The number of aromatic nitrogens is 2. The summed E-state index contributed by atoms with van der Waals surface area (Å²) in [7, 11) is 1.56. The number of nitrogens with zero attached hydrogens (tertiary/aromatic N) is 3. The van der Waals surface area contributed by atoms with E-state index in [9.17, 15) is 18.4 Å². The molecule has 1 aromatic rings. The zero-order chi connectivity index (χ0) is 15.8. The summed E-state index contributed by atoms with van der Waals surface area (Å²) in [5.74, 6) is -0.411. The minimum atomic E-state index is -2.69. The van der Waals surface area contributed by atoms with Crippen LogP contribution >= 0.6 is 0 Å². The number of hydrogen-bond donors (Lipinski definition) is 2. The van der Waals surface area contributed by atoms with Gasteiger partial charge in [0.25, 0.3) is 0 Å². The van der Waals surface area contributed by atoms with Crippen molar-refractivity contribution in [3.8, 4) is 0 Å². The Morgan fingerprint density at radius 3 is 2.90 bits per heavy atom. The monoisotopic (exact) mass is 301 g/mol. The van der Waals surface area contributed by atoms with Crippen molar-refractivity contribution in [2.75, 3.05) is 20.1 Å². The highest BCUT2D eigenvalue weighted by Crippen LogP contribution is 2.13. The molecular formula is C12H17F2N5O2. The van der Waals surface area contributed by atoms with E-state index in [1.807, 2.05) is 0 Å². The van der Waals surface area contributed by atoms with Crippen LogP contribution in [0.2, 0.25) is 0 Å². The SMILES string of the molecule is C=CCNC(=O)NC(=O)CN(C)Cc1nccn1C(F)F. The van der Waals surface area contributed by atoms with Gasteiger partial charge in [0.1, 0.15) is 5.82 Å². The number of alkyl halides is 2. The highest BCUT2D eigenvalue weighted by Gasteiger charge is 2.15. The molecule has 7 nitrogen and oxygen atoms in total. The summed E-state index contributed by atoms with van der Waals surface area (Å²) < 4.78 is 26.0. The maximum Gasteiger partial charge on any atom is 0.321 e. The number of imide groups is 1. The molecule has 3 amide bonds. The normalized spacial score (nSPS) is 10.7. The Kier molecular flexibility index (Phi) is 6.47. The van der Waals surface area contributed by atoms with Crippen LogP contribution in [0.5, 0.6) is 0 Å². The minimum absolute atomic E-state index is 0.0546. The topological polar surface area (TPSA) is 79.3 Å². The van der Waals surface area contributed by atoms with Gasteiger partial charge in [-0.3, -0.25) is 19.6 Å². The number of rotatable bonds is 7. The second-order valence-electron chi connectivity index (χ2n) is 4.25. The Morgan fingerprint density at radius 1 is 1.57 bits per heavy atom. The van der Waals surface area contributed by atoms with Gasteiger partial charge >= 0.3 is 12.6 Å². The predicted octanol–water partition coefficient (Wildman–Crippen LogP) is 0.722. The van der Waals surface area contributed by atoms with E-state index >= 15 is 0 Å². The van der Waals surface area contributed by atoms with Crippen LogP contribution in [-0.2, 0) is 11.3 Å². The molecule has 0 radical (unpaired) electrons. The summed E-state index contributed by atoms with van der Waals surface area (Å²) in [5.41, 5.74) is 0. The van der Waals surface area contributed by atoms with E-state index in [1.54, 1.807) is 7.05 Å². The Balaban J connectivity index is 2.44. The first-order valence-electron chi connectivity index (χ1n) is 6.11. The number of nitrogens with one attached hydrogen (secondary N) is 2. The van der Waals surface area contributed by atoms with Crippen LogP contribution in [0.1, 0.15) is 12.4 Å². The van der Waals surface area contributed by atoms with Gasteiger partial charge in [0.05, 0.1) is 13.1 Å². The third kappa shape index (κ3) is 5.69. The summed E-state index contributed by atoms with van der Waals surface area (Å²) in [5, 5.41) is 4.49. The smallest absolute Gasteiger partial charge is 0.321 e. The summed E-state index contributed by atoms with van der Waals surface area (Å²) in [6.07, 6.45) is 3.90. The fourth-order valence-electron chi connectivity index (χ4n) is 1.56. The number of halogens is 2. The average Bonchev–Trinajstić information content (AvgIpc) is 2.83. The molecule has 0 saturated carbocycles. The van der Waals surface area contributed by atoms with Gasteiger partial charge in [0.15, 0.2) is 0 Å². The molecule has 0 atom stereocenters. The fourth-order valence-corrected chi connectivity index (χ4v) is 1.56. The summed E-state index contributed by atoms with van der Waals surface area (Å²) in [4.78, 5) is 28.1. The summed E-state index contributed by atoms with van der Waals surface area (Å²) >= 11 is 0. The molecule has 0 saturated heterocycles. The largest absolute Gasteiger partial charge is 0.334 e. The molecular weight excluding hydrogens is 284 g/mol. The number of urea groups is 1. The number of amides is 3. The number of carbonyl (C=O) groups is 2. The number of hydrogen-bond acceptors (Lipinski definition) is 4. The van der Waals surface area contributed by atoms with E-state index in [1.165, 1.54) is 17.2 Å². The van der Waals surface area contributed by atoms with Crippen LogP contribution in [-0.4, -0.2) is 46.5 Å². The molecule has 116 valence electrons. The van der Waals surface area contributed by atoms with Crippen molar-refractivity contribution in [3.63, 3.8) is 0 Å². The molecule has 0 unspecified atom stereocenters. The van der Waals surface area contributed by atoms with Crippen molar-refractivity contribution in [1.29, 1.82) is 0 Å². The number of likely N-dealkylation sites (N-methyl/N-ethyl adjacent to an activating group) is 1. The molecule has 0 spiro atoms. The quantitative estimate of drug-likeness (QED) is 0.727. The van der Waals surface area contributed by atoms with Crippen LogP contribution in [0.15, 0.2) is 25.0 Å². The van der Waals surface area contributed by atoms with Crippen molar-refractivity contribution in [1.82, 2.24) is 25.1 Å². The standard InChI is InChI=1S/C12H17F2N5O2/c1-3-4-16-12(21)17-10(20)8-18(2)7-9-15-5-6-19(9)11(13)14/h3,5-6,11H,1,4,7-8H2,2H3,(H2,16,17,20,21). The van der Waals surface area contributed by atoms with Crippen LogP contribution in [0.25, 0.3) is 0 Å².